The van der Waals surface area contributed by atoms with E-state index in [0.717, 1.165) is 30.7 Å². The second-order valence-electron chi connectivity index (χ2n) is 4.39. The summed E-state index contributed by atoms with van der Waals surface area (Å²) in [5, 5.41) is 14.0. The smallest absolute Gasteiger partial charge is 0.292 e. The van der Waals surface area contributed by atoms with Gasteiger partial charge in [0.2, 0.25) is 0 Å². The van der Waals surface area contributed by atoms with Crippen molar-refractivity contribution in [3.63, 3.8) is 0 Å². The minimum absolute atomic E-state index is 0.125. The highest BCUT2D eigenvalue weighted by Gasteiger charge is 2.14. The van der Waals surface area contributed by atoms with Gasteiger partial charge < -0.3 is 10.2 Å². The Morgan fingerprint density at radius 1 is 1.39 bits per heavy atom. The molecule has 0 radical (unpaired) electrons. The molecule has 1 aromatic rings. The summed E-state index contributed by atoms with van der Waals surface area (Å²) in [6, 6.07) is 4.95. The topological polar surface area (TPSA) is 58.4 Å². The predicted octanol–water partition coefficient (Wildman–Crippen LogP) is 2.87. The van der Waals surface area contributed by atoms with Crippen LogP contribution in [0.2, 0.25) is 0 Å². The third kappa shape index (κ3) is 3.43. The van der Waals surface area contributed by atoms with Gasteiger partial charge in [0, 0.05) is 23.6 Å². The summed E-state index contributed by atoms with van der Waals surface area (Å²) in [5.41, 5.74) is 0.702. The fourth-order valence-electron chi connectivity index (χ4n) is 2.16. The molecule has 0 bridgehead atoms. The summed E-state index contributed by atoms with van der Waals surface area (Å²) >= 11 is 3.33. The van der Waals surface area contributed by atoms with Crippen molar-refractivity contribution in [1.82, 2.24) is 4.90 Å². The van der Waals surface area contributed by atoms with Crippen LogP contribution in [0.4, 0.5) is 11.4 Å². The van der Waals surface area contributed by atoms with Crippen molar-refractivity contribution in [3.8, 4) is 0 Å². The standard InChI is InChI=1S/C12H16BrN3O2/c13-10-3-4-12(16(17)18)11(9-10)14-5-8-15-6-1-2-7-15/h3-4,9,14H,1-2,5-8H2. The maximum absolute atomic E-state index is 10.9. The molecule has 0 unspecified atom stereocenters. The molecule has 1 aliphatic heterocycles. The number of hydrogen-bond donors (Lipinski definition) is 1. The lowest BCUT2D eigenvalue weighted by Crippen LogP contribution is -2.26. The third-order valence-corrected chi connectivity index (χ3v) is 3.59. The van der Waals surface area contributed by atoms with Gasteiger partial charge in [-0.3, -0.25) is 10.1 Å². The lowest BCUT2D eigenvalue weighted by atomic mass is 10.2. The predicted molar refractivity (Wildman–Crippen MR) is 75.0 cm³/mol. The van der Waals surface area contributed by atoms with Crippen LogP contribution in [0.1, 0.15) is 12.8 Å². The average molecular weight is 314 g/mol. The van der Waals surface area contributed by atoms with Crippen molar-refractivity contribution in [2.24, 2.45) is 0 Å². The molecule has 1 aliphatic rings. The molecule has 0 saturated carbocycles. The van der Waals surface area contributed by atoms with E-state index in [9.17, 15) is 10.1 Å². The van der Waals surface area contributed by atoms with Gasteiger partial charge in [0.1, 0.15) is 5.69 Å². The van der Waals surface area contributed by atoms with Crippen LogP contribution in [-0.4, -0.2) is 36.0 Å². The number of halogens is 1. The van der Waals surface area contributed by atoms with Crippen LogP contribution >= 0.6 is 15.9 Å². The summed E-state index contributed by atoms with van der Waals surface area (Å²) in [4.78, 5) is 12.9. The molecule has 6 heteroatoms. The zero-order chi connectivity index (χ0) is 13.0. The first-order valence-corrected chi connectivity index (χ1v) is 6.86. The van der Waals surface area contributed by atoms with Crippen molar-refractivity contribution < 1.29 is 4.92 Å². The first-order chi connectivity index (χ1) is 8.66. The highest BCUT2D eigenvalue weighted by atomic mass is 79.9. The molecule has 0 amide bonds. The number of nitrogens with zero attached hydrogens (tertiary/aromatic N) is 2. The van der Waals surface area contributed by atoms with E-state index < -0.39 is 0 Å². The highest BCUT2D eigenvalue weighted by molar-refractivity contribution is 9.10. The van der Waals surface area contributed by atoms with Crippen LogP contribution in [0.3, 0.4) is 0 Å². The Morgan fingerprint density at radius 2 is 2.11 bits per heavy atom. The summed E-state index contributed by atoms with van der Waals surface area (Å²) in [6.45, 7) is 3.95. The maximum atomic E-state index is 10.9. The molecule has 5 nitrogen and oxygen atoms in total. The fraction of sp³-hybridized carbons (Fsp3) is 0.500. The number of rotatable bonds is 5. The zero-order valence-corrected chi connectivity index (χ0v) is 11.6. The van der Waals surface area contributed by atoms with Crippen LogP contribution in [0, 0.1) is 10.1 Å². The molecule has 98 valence electrons. The average Bonchev–Trinajstić information content (AvgIpc) is 2.82. The lowest BCUT2D eigenvalue weighted by molar-refractivity contribution is -0.384. The van der Waals surface area contributed by atoms with Gasteiger partial charge in [-0.25, -0.2) is 0 Å². The minimum atomic E-state index is -0.357. The molecule has 0 atom stereocenters. The Morgan fingerprint density at radius 3 is 2.78 bits per heavy atom. The molecule has 1 heterocycles. The Kier molecular flexibility index (Phi) is 4.54. The van der Waals surface area contributed by atoms with Gasteiger partial charge in [0.05, 0.1) is 4.92 Å². The number of nitrogens with one attached hydrogen (secondary N) is 1. The van der Waals surface area contributed by atoms with Gasteiger partial charge in [0.25, 0.3) is 5.69 Å². The Balaban J connectivity index is 1.94. The number of benzene rings is 1. The van der Waals surface area contributed by atoms with Crippen molar-refractivity contribution in [2.75, 3.05) is 31.5 Å². The maximum Gasteiger partial charge on any atom is 0.292 e. The van der Waals surface area contributed by atoms with Crippen LogP contribution in [-0.2, 0) is 0 Å². The number of likely N-dealkylation sites (tertiary alicyclic amines) is 1. The second-order valence-corrected chi connectivity index (χ2v) is 5.31. The molecular weight excluding hydrogens is 298 g/mol. The van der Waals surface area contributed by atoms with E-state index in [1.165, 1.54) is 18.9 Å². The number of nitro groups is 1. The van der Waals surface area contributed by atoms with Gasteiger partial charge in [0.15, 0.2) is 0 Å². The third-order valence-electron chi connectivity index (χ3n) is 3.10. The second kappa shape index (κ2) is 6.15. The highest BCUT2D eigenvalue weighted by Crippen LogP contribution is 2.27. The quantitative estimate of drug-likeness (QED) is 0.671. The molecule has 2 rings (SSSR count). The Labute approximate surface area is 114 Å². The molecule has 1 fully saturated rings. The number of anilines is 1. The summed E-state index contributed by atoms with van der Waals surface area (Å²) < 4.78 is 0.844. The number of nitro benzene ring substituents is 1. The molecule has 1 N–H and O–H groups in total. The number of hydrogen-bond acceptors (Lipinski definition) is 4. The van der Waals surface area contributed by atoms with Gasteiger partial charge >= 0.3 is 0 Å². The lowest BCUT2D eigenvalue weighted by Gasteiger charge is -2.15. The minimum Gasteiger partial charge on any atom is -0.378 e. The SMILES string of the molecule is O=[N+]([O-])c1ccc(Br)cc1NCCN1CCCC1. The van der Waals surface area contributed by atoms with Gasteiger partial charge in [-0.15, -0.1) is 0 Å². The van der Waals surface area contributed by atoms with Crippen LogP contribution in [0.25, 0.3) is 0 Å². The van der Waals surface area contributed by atoms with Crippen molar-refractivity contribution in [2.45, 2.75) is 12.8 Å². The van der Waals surface area contributed by atoms with Crippen molar-refractivity contribution in [1.29, 1.82) is 0 Å². The van der Waals surface area contributed by atoms with Crippen LogP contribution in [0.5, 0.6) is 0 Å². The van der Waals surface area contributed by atoms with E-state index in [4.69, 9.17) is 0 Å². The summed E-state index contributed by atoms with van der Waals surface area (Å²) in [5.74, 6) is 0. The molecule has 1 saturated heterocycles. The summed E-state index contributed by atoms with van der Waals surface area (Å²) in [6.07, 6.45) is 2.52. The molecule has 18 heavy (non-hydrogen) atoms. The monoisotopic (exact) mass is 313 g/mol. The van der Waals surface area contributed by atoms with Gasteiger partial charge in [-0.05, 0) is 38.1 Å². The van der Waals surface area contributed by atoms with E-state index in [1.54, 1.807) is 12.1 Å². The first-order valence-electron chi connectivity index (χ1n) is 6.07. The van der Waals surface area contributed by atoms with E-state index in [1.807, 2.05) is 0 Å². The van der Waals surface area contributed by atoms with Crippen LogP contribution in [0.15, 0.2) is 22.7 Å². The molecular formula is C12H16BrN3O2. The summed E-state index contributed by atoms with van der Waals surface area (Å²) in [7, 11) is 0. The molecule has 0 aliphatic carbocycles. The van der Waals surface area contributed by atoms with Crippen molar-refractivity contribution in [3.05, 3.63) is 32.8 Å². The van der Waals surface area contributed by atoms with E-state index in [0.29, 0.717) is 5.69 Å². The largest absolute Gasteiger partial charge is 0.378 e. The van der Waals surface area contributed by atoms with E-state index >= 15 is 0 Å². The van der Waals surface area contributed by atoms with Gasteiger partial charge in [-0.1, -0.05) is 15.9 Å². The van der Waals surface area contributed by atoms with Crippen LogP contribution < -0.4 is 5.32 Å². The van der Waals surface area contributed by atoms with E-state index in [-0.39, 0.29) is 10.6 Å². The molecule has 0 spiro atoms. The molecule has 0 aromatic heterocycles. The normalized spacial score (nSPS) is 15.8. The zero-order valence-electron chi connectivity index (χ0n) is 10.1. The van der Waals surface area contributed by atoms with Crippen molar-refractivity contribution >= 4 is 27.3 Å². The fourth-order valence-corrected chi connectivity index (χ4v) is 2.53. The molecule has 1 aromatic carbocycles. The first kappa shape index (κ1) is 13.3. The van der Waals surface area contributed by atoms with Gasteiger partial charge in [-0.2, -0.15) is 0 Å². The Bertz CT molecular complexity index is 433. The Hall–Kier alpha value is -1.14. The van der Waals surface area contributed by atoms with E-state index in [2.05, 4.69) is 26.1 Å².